The van der Waals surface area contributed by atoms with E-state index in [0.29, 0.717) is 0 Å². The van der Waals surface area contributed by atoms with Gasteiger partial charge in [-0.2, -0.15) is 9.40 Å². The van der Waals surface area contributed by atoms with Crippen LogP contribution < -0.4 is 5.32 Å². The Kier molecular flexibility index (Phi) is 7.16. The number of benzene rings is 1. The van der Waals surface area contributed by atoms with Gasteiger partial charge in [0.2, 0.25) is 15.9 Å². The number of aromatic nitrogens is 2. The van der Waals surface area contributed by atoms with Gasteiger partial charge in [-0.1, -0.05) is 0 Å². The van der Waals surface area contributed by atoms with Gasteiger partial charge in [0.25, 0.3) is 0 Å². The summed E-state index contributed by atoms with van der Waals surface area (Å²) < 4.78 is 41.3. The number of rotatable bonds is 5. The SMILES string of the molecule is CNC(C(=O)N1CCN(S(=O)(=O)c2ccc(F)cc2)CC1)c1cnn(C)c1.Cl. The molecule has 1 amide bonds. The maximum atomic E-state index is 13.0. The maximum absolute atomic E-state index is 13.0. The molecule has 1 N–H and O–H groups in total. The number of carbonyl (C=O) groups is 1. The van der Waals surface area contributed by atoms with Crippen LogP contribution in [0.25, 0.3) is 0 Å². The molecule has 0 saturated carbocycles. The zero-order valence-corrected chi connectivity index (χ0v) is 17.2. The van der Waals surface area contributed by atoms with Crippen molar-refractivity contribution >= 4 is 28.3 Å². The number of sulfonamides is 1. The quantitative estimate of drug-likeness (QED) is 0.755. The Hall–Kier alpha value is -2.01. The standard InChI is InChI=1S/C17H22FN5O3S.ClH/c1-19-16(13-11-20-21(2)12-13)17(24)22-7-9-23(10-8-22)27(25,26)15-5-3-14(18)4-6-15;/h3-6,11-12,16,19H,7-10H2,1-2H3;1H. The number of nitrogens with one attached hydrogen (secondary N) is 1. The summed E-state index contributed by atoms with van der Waals surface area (Å²) in [6, 6.07) is 4.22. The van der Waals surface area contributed by atoms with E-state index in [2.05, 4.69) is 10.4 Å². The lowest BCUT2D eigenvalue weighted by Gasteiger charge is -2.35. The van der Waals surface area contributed by atoms with E-state index in [1.165, 1.54) is 16.4 Å². The van der Waals surface area contributed by atoms with Gasteiger partial charge in [-0.05, 0) is 31.3 Å². The molecule has 0 aliphatic carbocycles. The maximum Gasteiger partial charge on any atom is 0.244 e. The molecule has 8 nitrogen and oxygen atoms in total. The molecule has 1 atom stereocenters. The first-order chi connectivity index (χ1) is 12.8. The number of amides is 1. The molecule has 154 valence electrons. The molecule has 28 heavy (non-hydrogen) atoms. The van der Waals surface area contributed by atoms with Crippen molar-refractivity contribution in [3.63, 3.8) is 0 Å². The number of hydrogen-bond acceptors (Lipinski definition) is 5. The molecule has 2 heterocycles. The normalized spacial score (nSPS) is 16.5. The first-order valence-electron chi connectivity index (χ1n) is 8.53. The van der Waals surface area contributed by atoms with Crippen LogP contribution in [0.3, 0.4) is 0 Å². The van der Waals surface area contributed by atoms with Crippen LogP contribution in [0.1, 0.15) is 11.6 Å². The van der Waals surface area contributed by atoms with Crippen LogP contribution in [0.2, 0.25) is 0 Å². The Bertz CT molecular complexity index is 911. The van der Waals surface area contributed by atoms with E-state index in [-0.39, 0.29) is 49.4 Å². The Morgan fingerprint density at radius 3 is 2.29 bits per heavy atom. The Morgan fingerprint density at radius 1 is 1.18 bits per heavy atom. The van der Waals surface area contributed by atoms with Gasteiger partial charge in [0.15, 0.2) is 0 Å². The van der Waals surface area contributed by atoms with Gasteiger partial charge < -0.3 is 10.2 Å². The fourth-order valence-electron chi connectivity index (χ4n) is 3.11. The minimum absolute atomic E-state index is 0. The average Bonchev–Trinajstić information content (AvgIpc) is 3.08. The molecule has 1 aromatic heterocycles. The summed E-state index contributed by atoms with van der Waals surface area (Å²) in [7, 11) is -0.226. The third-order valence-corrected chi connectivity index (χ3v) is 6.51. The summed E-state index contributed by atoms with van der Waals surface area (Å²) in [6.07, 6.45) is 3.41. The topological polar surface area (TPSA) is 87.5 Å². The lowest BCUT2D eigenvalue weighted by atomic mass is 10.1. The molecule has 2 aromatic rings. The van der Waals surface area contributed by atoms with E-state index in [0.717, 1.165) is 17.7 Å². The zero-order valence-electron chi connectivity index (χ0n) is 15.6. The number of aryl methyl sites for hydroxylation is 1. The summed E-state index contributed by atoms with van der Waals surface area (Å²) in [5.41, 5.74) is 0.756. The zero-order chi connectivity index (χ0) is 19.6. The molecule has 0 radical (unpaired) electrons. The average molecular weight is 432 g/mol. The highest BCUT2D eigenvalue weighted by molar-refractivity contribution is 7.89. The molecule has 1 saturated heterocycles. The molecule has 1 aliphatic heterocycles. The van der Waals surface area contributed by atoms with Crippen LogP contribution in [0, 0.1) is 5.82 Å². The Balaban J connectivity index is 0.00000280. The van der Waals surface area contributed by atoms with Crippen molar-refractivity contribution in [1.29, 1.82) is 0 Å². The van der Waals surface area contributed by atoms with Crippen LogP contribution in [0.4, 0.5) is 4.39 Å². The van der Waals surface area contributed by atoms with Crippen LogP contribution in [0.5, 0.6) is 0 Å². The number of halogens is 2. The first kappa shape index (κ1) is 22.3. The van der Waals surface area contributed by atoms with Crippen molar-refractivity contribution in [2.75, 3.05) is 33.2 Å². The van der Waals surface area contributed by atoms with Gasteiger partial charge in [-0.15, -0.1) is 12.4 Å². The molecule has 1 fully saturated rings. The fraction of sp³-hybridized carbons (Fsp3) is 0.412. The second-order valence-electron chi connectivity index (χ2n) is 6.35. The van der Waals surface area contributed by atoms with Crippen LogP contribution in [-0.4, -0.2) is 66.5 Å². The summed E-state index contributed by atoms with van der Waals surface area (Å²) in [6.45, 7) is 0.958. The molecule has 3 rings (SSSR count). The minimum atomic E-state index is -3.70. The van der Waals surface area contributed by atoms with Gasteiger partial charge >= 0.3 is 0 Å². The second kappa shape index (κ2) is 8.99. The third-order valence-electron chi connectivity index (χ3n) is 4.60. The van der Waals surface area contributed by atoms with Crippen molar-refractivity contribution in [3.05, 3.63) is 48.0 Å². The Morgan fingerprint density at radius 2 is 1.79 bits per heavy atom. The van der Waals surface area contributed by atoms with Crippen molar-refractivity contribution in [1.82, 2.24) is 24.3 Å². The van der Waals surface area contributed by atoms with E-state index in [1.807, 2.05) is 0 Å². The van der Waals surface area contributed by atoms with Gasteiger partial charge in [0.1, 0.15) is 11.9 Å². The summed E-state index contributed by atoms with van der Waals surface area (Å²) >= 11 is 0. The monoisotopic (exact) mass is 431 g/mol. The number of piperazine rings is 1. The van der Waals surface area contributed by atoms with Gasteiger partial charge in [0, 0.05) is 45.0 Å². The molecular weight excluding hydrogens is 409 g/mol. The lowest BCUT2D eigenvalue weighted by molar-refractivity contribution is -0.134. The van der Waals surface area contributed by atoms with E-state index in [9.17, 15) is 17.6 Å². The number of nitrogens with zero attached hydrogens (tertiary/aromatic N) is 4. The molecule has 0 spiro atoms. The third kappa shape index (κ3) is 4.52. The fourth-order valence-corrected chi connectivity index (χ4v) is 4.53. The number of carbonyl (C=O) groups excluding carboxylic acids is 1. The summed E-state index contributed by atoms with van der Waals surface area (Å²) in [4.78, 5) is 14.5. The Labute approximate surface area is 169 Å². The minimum Gasteiger partial charge on any atom is -0.338 e. The smallest absolute Gasteiger partial charge is 0.244 e. The molecule has 1 aromatic carbocycles. The van der Waals surface area contributed by atoms with Crippen molar-refractivity contribution in [3.8, 4) is 0 Å². The van der Waals surface area contributed by atoms with Gasteiger partial charge in [-0.25, -0.2) is 12.8 Å². The largest absolute Gasteiger partial charge is 0.338 e. The predicted octanol–water partition coefficient (Wildman–Crippen LogP) is 0.775. The summed E-state index contributed by atoms with van der Waals surface area (Å²) in [5.74, 6) is -0.609. The molecule has 11 heteroatoms. The van der Waals surface area contributed by atoms with Gasteiger partial charge in [-0.3, -0.25) is 9.48 Å². The van der Waals surface area contributed by atoms with Gasteiger partial charge in [0.05, 0.1) is 11.1 Å². The highest BCUT2D eigenvalue weighted by atomic mass is 35.5. The lowest BCUT2D eigenvalue weighted by Crippen LogP contribution is -2.52. The van der Waals surface area contributed by atoms with Crippen molar-refractivity contribution in [2.24, 2.45) is 7.05 Å². The van der Waals surface area contributed by atoms with Crippen molar-refractivity contribution < 1.29 is 17.6 Å². The molecule has 0 bridgehead atoms. The van der Waals surface area contributed by atoms with E-state index in [1.54, 1.807) is 36.1 Å². The van der Waals surface area contributed by atoms with Crippen LogP contribution in [0.15, 0.2) is 41.6 Å². The summed E-state index contributed by atoms with van der Waals surface area (Å²) in [5, 5.41) is 7.08. The van der Waals surface area contributed by atoms with E-state index >= 15 is 0 Å². The second-order valence-corrected chi connectivity index (χ2v) is 8.29. The first-order valence-corrected chi connectivity index (χ1v) is 9.97. The highest BCUT2D eigenvalue weighted by Gasteiger charge is 2.33. The van der Waals surface area contributed by atoms with Crippen LogP contribution >= 0.6 is 12.4 Å². The molecule has 1 unspecified atom stereocenters. The van der Waals surface area contributed by atoms with Crippen LogP contribution in [-0.2, 0) is 21.9 Å². The number of hydrogen-bond donors (Lipinski definition) is 1. The highest BCUT2D eigenvalue weighted by Crippen LogP contribution is 2.20. The van der Waals surface area contributed by atoms with E-state index in [4.69, 9.17) is 0 Å². The van der Waals surface area contributed by atoms with E-state index < -0.39 is 21.9 Å². The molecule has 1 aliphatic rings. The van der Waals surface area contributed by atoms with Crippen molar-refractivity contribution in [2.45, 2.75) is 10.9 Å². The predicted molar refractivity (Wildman–Crippen MR) is 104 cm³/mol. The molecular formula is C17H23ClFN5O3S. The number of likely N-dealkylation sites (N-methyl/N-ethyl adjacent to an activating group) is 1.